The summed E-state index contributed by atoms with van der Waals surface area (Å²) in [6.07, 6.45) is 5.72. The van der Waals surface area contributed by atoms with E-state index in [1.807, 2.05) is 30.0 Å². The summed E-state index contributed by atoms with van der Waals surface area (Å²) in [5.41, 5.74) is 1.03. The number of rotatable bonds is 9. The SMILES string of the molecule is CCCN(CCc1ccccn1)C(=O)C(C)OCC1CC1. The Labute approximate surface area is 127 Å². The standard InChI is InChI=1S/C17H26N2O2/c1-3-11-19(12-9-16-6-4-5-10-18-16)17(20)14(2)21-13-15-7-8-15/h4-6,10,14-15H,3,7-9,11-13H2,1-2H3. The predicted octanol–water partition coefficient (Wildman–Crippen LogP) is 2.68. The third-order valence-corrected chi connectivity index (χ3v) is 3.80. The van der Waals surface area contributed by atoms with E-state index in [0.717, 1.165) is 31.7 Å². The van der Waals surface area contributed by atoms with Crippen molar-refractivity contribution < 1.29 is 9.53 Å². The second-order valence-electron chi connectivity index (χ2n) is 5.82. The Kier molecular flexibility index (Phi) is 6.18. The van der Waals surface area contributed by atoms with Gasteiger partial charge in [-0.25, -0.2) is 0 Å². The monoisotopic (exact) mass is 290 g/mol. The normalized spacial score (nSPS) is 15.7. The number of carbonyl (C=O) groups excluding carboxylic acids is 1. The summed E-state index contributed by atoms with van der Waals surface area (Å²) >= 11 is 0. The van der Waals surface area contributed by atoms with Gasteiger partial charge < -0.3 is 9.64 Å². The van der Waals surface area contributed by atoms with Crippen molar-refractivity contribution in [1.29, 1.82) is 0 Å². The molecule has 1 amide bonds. The fourth-order valence-electron chi connectivity index (χ4n) is 2.29. The lowest BCUT2D eigenvalue weighted by atomic mass is 10.2. The molecule has 0 aromatic carbocycles. The molecule has 1 unspecified atom stereocenters. The van der Waals surface area contributed by atoms with E-state index < -0.39 is 0 Å². The van der Waals surface area contributed by atoms with Crippen molar-refractivity contribution in [1.82, 2.24) is 9.88 Å². The van der Waals surface area contributed by atoms with E-state index in [2.05, 4.69) is 11.9 Å². The molecule has 1 aliphatic rings. The van der Waals surface area contributed by atoms with E-state index >= 15 is 0 Å². The first kappa shape index (κ1) is 16.0. The van der Waals surface area contributed by atoms with Crippen LogP contribution in [0.1, 0.15) is 38.8 Å². The zero-order chi connectivity index (χ0) is 15.1. The third kappa shape index (κ3) is 5.46. The van der Waals surface area contributed by atoms with Crippen molar-refractivity contribution >= 4 is 5.91 Å². The van der Waals surface area contributed by atoms with Crippen LogP contribution in [0.15, 0.2) is 24.4 Å². The maximum atomic E-state index is 12.5. The fourth-order valence-corrected chi connectivity index (χ4v) is 2.29. The van der Waals surface area contributed by atoms with Crippen LogP contribution >= 0.6 is 0 Å². The Morgan fingerprint density at radius 3 is 2.86 bits per heavy atom. The minimum atomic E-state index is -0.333. The minimum absolute atomic E-state index is 0.105. The molecule has 0 radical (unpaired) electrons. The molecule has 1 aromatic rings. The van der Waals surface area contributed by atoms with Crippen LogP contribution in [0.25, 0.3) is 0 Å². The first-order valence-corrected chi connectivity index (χ1v) is 8.01. The number of hydrogen-bond donors (Lipinski definition) is 0. The summed E-state index contributed by atoms with van der Waals surface area (Å²) in [5, 5.41) is 0. The summed E-state index contributed by atoms with van der Waals surface area (Å²) in [7, 11) is 0. The molecule has 0 saturated heterocycles. The maximum absolute atomic E-state index is 12.5. The van der Waals surface area contributed by atoms with E-state index in [9.17, 15) is 4.79 Å². The third-order valence-electron chi connectivity index (χ3n) is 3.80. The van der Waals surface area contributed by atoms with E-state index in [4.69, 9.17) is 4.74 Å². The first-order chi connectivity index (χ1) is 10.2. The van der Waals surface area contributed by atoms with Crippen LogP contribution in [0.4, 0.5) is 0 Å². The van der Waals surface area contributed by atoms with Gasteiger partial charge in [0, 0.05) is 31.4 Å². The lowest BCUT2D eigenvalue weighted by Gasteiger charge is -2.25. The Morgan fingerprint density at radius 1 is 1.43 bits per heavy atom. The summed E-state index contributed by atoms with van der Waals surface area (Å²) in [6, 6.07) is 5.89. The van der Waals surface area contributed by atoms with Crippen LogP contribution in [-0.2, 0) is 16.0 Å². The topological polar surface area (TPSA) is 42.4 Å². The molecule has 1 aliphatic carbocycles. The highest BCUT2D eigenvalue weighted by atomic mass is 16.5. The molecule has 1 fully saturated rings. The second kappa shape index (κ2) is 8.13. The van der Waals surface area contributed by atoms with Crippen LogP contribution in [-0.4, -0.2) is 41.6 Å². The smallest absolute Gasteiger partial charge is 0.251 e. The average Bonchev–Trinajstić information content (AvgIpc) is 3.33. The number of ether oxygens (including phenoxy) is 1. The molecular formula is C17H26N2O2. The lowest BCUT2D eigenvalue weighted by molar-refractivity contribution is -0.143. The predicted molar refractivity (Wildman–Crippen MR) is 83.0 cm³/mol. The van der Waals surface area contributed by atoms with Crippen molar-refractivity contribution in [2.24, 2.45) is 5.92 Å². The van der Waals surface area contributed by atoms with Crippen molar-refractivity contribution in [2.45, 2.75) is 45.6 Å². The number of hydrogen-bond acceptors (Lipinski definition) is 3. The first-order valence-electron chi connectivity index (χ1n) is 8.01. The average molecular weight is 290 g/mol. The summed E-state index contributed by atoms with van der Waals surface area (Å²) < 4.78 is 5.70. The van der Waals surface area contributed by atoms with Gasteiger partial charge in [-0.3, -0.25) is 9.78 Å². The van der Waals surface area contributed by atoms with Crippen LogP contribution in [0.3, 0.4) is 0 Å². The van der Waals surface area contributed by atoms with E-state index in [0.29, 0.717) is 12.5 Å². The Morgan fingerprint density at radius 2 is 2.24 bits per heavy atom. The number of nitrogens with zero attached hydrogens (tertiary/aromatic N) is 2. The quantitative estimate of drug-likeness (QED) is 0.702. The minimum Gasteiger partial charge on any atom is -0.368 e. The number of aromatic nitrogens is 1. The summed E-state index contributed by atoms with van der Waals surface area (Å²) in [6.45, 7) is 6.18. The Hall–Kier alpha value is -1.42. The van der Waals surface area contributed by atoms with Crippen LogP contribution in [0.5, 0.6) is 0 Å². The Bertz CT molecular complexity index is 432. The van der Waals surface area contributed by atoms with Gasteiger partial charge in [0.25, 0.3) is 5.91 Å². The lowest BCUT2D eigenvalue weighted by Crippen LogP contribution is -2.41. The molecule has 4 nitrogen and oxygen atoms in total. The van der Waals surface area contributed by atoms with Gasteiger partial charge in [-0.2, -0.15) is 0 Å². The van der Waals surface area contributed by atoms with E-state index in [1.54, 1.807) is 6.20 Å². The number of pyridine rings is 1. The molecule has 0 spiro atoms. The van der Waals surface area contributed by atoms with Gasteiger partial charge in [0.15, 0.2) is 0 Å². The molecule has 0 aliphatic heterocycles. The van der Waals surface area contributed by atoms with Crippen molar-refractivity contribution in [2.75, 3.05) is 19.7 Å². The molecular weight excluding hydrogens is 264 g/mol. The maximum Gasteiger partial charge on any atom is 0.251 e. The zero-order valence-corrected chi connectivity index (χ0v) is 13.1. The van der Waals surface area contributed by atoms with E-state index in [1.165, 1.54) is 12.8 Å². The molecule has 116 valence electrons. The molecule has 2 rings (SSSR count). The zero-order valence-electron chi connectivity index (χ0n) is 13.1. The van der Waals surface area contributed by atoms with Crippen molar-refractivity contribution in [3.8, 4) is 0 Å². The van der Waals surface area contributed by atoms with Gasteiger partial charge in [0.2, 0.25) is 0 Å². The molecule has 21 heavy (non-hydrogen) atoms. The molecule has 1 atom stereocenters. The number of amides is 1. The van der Waals surface area contributed by atoms with Crippen LogP contribution in [0.2, 0.25) is 0 Å². The van der Waals surface area contributed by atoms with Crippen LogP contribution < -0.4 is 0 Å². The summed E-state index contributed by atoms with van der Waals surface area (Å²) in [4.78, 5) is 18.7. The van der Waals surface area contributed by atoms with Crippen molar-refractivity contribution in [3.63, 3.8) is 0 Å². The van der Waals surface area contributed by atoms with Gasteiger partial charge in [0.05, 0.1) is 6.61 Å². The van der Waals surface area contributed by atoms with Crippen LogP contribution in [0, 0.1) is 5.92 Å². The highest BCUT2D eigenvalue weighted by molar-refractivity contribution is 5.80. The largest absolute Gasteiger partial charge is 0.368 e. The second-order valence-corrected chi connectivity index (χ2v) is 5.82. The van der Waals surface area contributed by atoms with Gasteiger partial charge in [0.1, 0.15) is 6.10 Å². The molecule has 4 heteroatoms. The molecule has 1 aromatic heterocycles. The number of carbonyl (C=O) groups is 1. The van der Waals surface area contributed by atoms with Gasteiger partial charge >= 0.3 is 0 Å². The molecule has 0 bridgehead atoms. The van der Waals surface area contributed by atoms with E-state index in [-0.39, 0.29) is 12.0 Å². The van der Waals surface area contributed by atoms with Crippen molar-refractivity contribution in [3.05, 3.63) is 30.1 Å². The fraction of sp³-hybridized carbons (Fsp3) is 0.647. The Balaban J connectivity index is 1.82. The highest BCUT2D eigenvalue weighted by Crippen LogP contribution is 2.29. The van der Waals surface area contributed by atoms with Gasteiger partial charge in [-0.15, -0.1) is 0 Å². The van der Waals surface area contributed by atoms with Gasteiger partial charge in [-0.05, 0) is 44.2 Å². The molecule has 1 saturated carbocycles. The van der Waals surface area contributed by atoms with Gasteiger partial charge in [-0.1, -0.05) is 13.0 Å². The molecule has 0 N–H and O–H groups in total. The molecule has 1 heterocycles. The summed E-state index contributed by atoms with van der Waals surface area (Å²) in [5.74, 6) is 0.793. The highest BCUT2D eigenvalue weighted by Gasteiger charge is 2.26.